The van der Waals surface area contributed by atoms with E-state index >= 15 is 0 Å². The maximum Gasteiger partial charge on any atom is 0.231 e. The van der Waals surface area contributed by atoms with Crippen molar-refractivity contribution >= 4 is 34.2 Å². The van der Waals surface area contributed by atoms with Gasteiger partial charge in [0.25, 0.3) is 0 Å². The molecule has 1 fully saturated rings. The number of hydrogen-bond donors (Lipinski definition) is 2. The van der Waals surface area contributed by atoms with E-state index in [0.717, 1.165) is 31.6 Å². The Hall–Kier alpha value is -0.620. The second-order valence-electron chi connectivity index (χ2n) is 4.52. The minimum Gasteiger partial charge on any atom is -0.326 e. The van der Waals surface area contributed by atoms with E-state index in [1.807, 2.05) is 24.3 Å². The van der Waals surface area contributed by atoms with Gasteiger partial charge in [0.05, 0.1) is 5.41 Å². The summed E-state index contributed by atoms with van der Waals surface area (Å²) in [6.45, 7) is 3.81. The van der Waals surface area contributed by atoms with Gasteiger partial charge in [-0.25, -0.2) is 0 Å². The van der Waals surface area contributed by atoms with Crippen molar-refractivity contribution in [2.45, 2.75) is 19.8 Å². The van der Waals surface area contributed by atoms with Crippen molar-refractivity contribution in [2.24, 2.45) is 5.41 Å². The maximum atomic E-state index is 12.3. The Morgan fingerprint density at radius 3 is 2.71 bits per heavy atom. The Kier molecular flexibility index (Phi) is 4.04. The van der Waals surface area contributed by atoms with Crippen molar-refractivity contribution in [3.63, 3.8) is 0 Å². The Bertz CT molecular complexity index is 396. The molecule has 1 amide bonds. The zero-order chi connectivity index (χ0) is 12.3. The molecular formula is C13H17IN2O. The van der Waals surface area contributed by atoms with E-state index in [1.54, 1.807) is 0 Å². The summed E-state index contributed by atoms with van der Waals surface area (Å²) >= 11 is 2.26. The first kappa shape index (κ1) is 12.8. The molecule has 0 radical (unpaired) electrons. The maximum absolute atomic E-state index is 12.3. The van der Waals surface area contributed by atoms with Crippen molar-refractivity contribution in [2.75, 3.05) is 18.4 Å². The molecule has 3 nitrogen and oxygen atoms in total. The molecule has 1 aliphatic heterocycles. The van der Waals surface area contributed by atoms with Crippen LogP contribution < -0.4 is 10.6 Å². The Balaban J connectivity index is 2.08. The summed E-state index contributed by atoms with van der Waals surface area (Å²) in [5, 5.41) is 6.30. The molecule has 1 atom stereocenters. The topological polar surface area (TPSA) is 41.1 Å². The SMILES string of the molecule is CCC1(C(=O)Nc2ccc(I)cc2)CCNC1. The number of anilines is 1. The molecule has 2 N–H and O–H groups in total. The van der Waals surface area contributed by atoms with Crippen LogP contribution in [-0.4, -0.2) is 19.0 Å². The highest BCUT2D eigenvalue weighted by molar-refractivity contribution is 14.1. The molecular weight excluding hydrogens is 327 g/mol. The molecule has 0 aliphatic carbocycles. The van der Waals surface area contributed by atoms with Gasteiger partial charge in [-0.2, -0.15) is 0 Å². The predicted molar refractivity (Wildman–Crippen MR) is 78.0 cm³/mol. The van der Waals surface area contributed by atoms with Gasteiger partial charge in [0.1, 0.15) is 0 Å². The van der Waals surface area contributed by atoms with Gasteiger partial charge >= 0.3 is 0 Å². The van der Waals surface area contributed by atoms with Gasteiger partial charge in [-0.1, -0.05) is 6.92 Å². The molecule has 2 rings (SSSR count). The van der Waals surface area contributed by atoms with Crippen molar-refractivity contribution in [1.82, 2.24) is 5.32 Å². The minimum absolute atomic E-state index is 0.145. The van der Waals surface area contributed by atoms with Crippen LogP contribution in [0, 0.1) is 8.99 Å². The first-order valence-corrected chi connectivity index (χ1v) is 7.02. The van der Waals surface area contributed by atoms with Crippen molar-refractivity contribution in [3.05, 3.63) is 27.8 Å². The lowest BCUT2D eigenvalue weighted by Gasteiger charge is -2.25. The van der Waals surface area contributed by atoms with Crippen LogP contribution in [-0.2, 0) is 4.79 Å². The number of nitrogens with one attached hydrogen (secondary N) is 2. The zero-order valence-electron chi connectivity index (χ0n) is 9.92. The number of amides is 1. The second-order valence-corrected chi connectivity index (χ2v) is 5.77. The molecule has 1 unspecified atom stereocenters. The molecule has 1 aromatic rings. The van der Waals surface area contributed by atoms with Crippen molar-refractivity contribution in [1.29, 1.82) is 0 Å². The van der Waals surface area contributed by atoms with Crippen LogP contribution in [0.4, 0.5) is 5.69 Å². The monoisotopic (exact) mass is 344 g/mol. The molecule has 1 saturated heterocycles. The number of halogens is 1. The highest BCUT2D eigenvalue weighted by atomic mass is 127. The van der Waals surface area contributed by atoms with Crippen LogP contribution in [0.5, 0.6) is 0 Å². The first-order chi connectivity index (χ1) is 8.16. The van der Waals surface area contributed by atoms with Gasteiger partial charge in [-0.05, 0) is 66.2 Å². The Morgan fingerprint density at radius 2 is 2.18 bits per heavy atom. The van der Waals surface area contributed by atoms with Gasteiger partial charge in [0.2, 0.25) is 5.91 Å². The number of rotatable bonds is 3. The fourth-order valence-electron chi connectivity index (χ4n) is 2.20. The van der Waals surface area contributed by atoms with Crippen LogP contribution in [0.2, 0.25) is 0 Å². The summed E-state index contributed by atoms with van der Waals surface area (Å²) in [4.78, 5) is 12.3. The molecule has 1 aliphatic rings. The summed E-state index contributed by atoms with van der Waals surface area (Å²) in [7, 11) is 0. The van der Waals surface area contributed by atoms with Crippen molar-refractivity contribution in [3.8, 4) is 0 Å². The first-order valence-electron chi connectivity index (χ1n) is 5.94. The molecule has 0 saturated carbocycles. The fraction of sp³-hybridized carbons (Fsp3) is 0.462. The summed E-state index contributed by atoms with van der Waals surface area (Å²) in [5.74, 6) is 0.145. The quantitative estimate of drug-likeness (QED) is 0.828. The third-order valence-corrected chi connectivity index (χ3v) is 4.22. The summed E-state index contributed by atoms with van der Waals surface area (Å²) in [5.41, 5.74) is 0.665. The van der Waals surface area contributed by atoms with E-state index in [4.69, 9.17) is 0 Å². The Morgan fingerprint density at radius 1 is 1.47 bits per heavy atom. The van der Waals surface area contributed by atoms with Crippen LogP contribution in [0.25, 0.3) is 0 Å². The highest BCUT2D eigenvalue weighted by Crippen LogP contribution is 2.30. The minimum atomic E-state index is -0.219. The van der Waals surface area contributed by atoms with Crippen LogP contribution in [0.3, 0.4) is 0 Å². The standard InChI is InChI=1S/C13H17IN2O/c1-2-13(7-8-15-9-13)12(17)16-11-5-3-10(14)4-6-11/h3-6,15H,2,7-9H2,1H3,(H,16,17). The lowest BCUT2D eigenvalue weighted by Crippen LogP contribution is -2.37. The molecule has 4 heteroatoms. The van der Waals surface area contributed by atoms with E-state index in [1.165, 1.54) is 3.57 Å². The summed E-state index contributed by atoms with van der Waals surface area (Å²) in [6.07, 6.45) is 1.82. The lowest BCUT2D eigenvalue weighted by atomic mass is 9.83. The molecule has 0 bridgehead atoms. The van der Waals surface area contributed by atoms with E-state index in [0.29, 0.717) is 0 Å². The third-order valence-electron chi connectivity index (χ3n) is 3.50. The highest BCUT2D eigenvalue weighted by Gasteiger charge is 2.39. The predicted octanol–water partition coefficient (Wildman–Crippen LogP) is 2.62. The molecule has 0 aromatic heterocycles. The number of hydrogen-bond acceptors (Lipinski definition) is 2. The molecule has 1 aromatic carbocycles. The van der Waals surface area contributed by atoms with Crippen molar-refractivity contribution < 1.29 is 4.79 Å². The average Bonchev–Trinajstić information content (AvgIpc) is 2.82. The van der Waals surface area contributed by atoms with Gasteiger partial charge < -0.3 is 10.6 Å². The molecule has 17 heavy (non-hydrogen) atoms. The van der Waals surface area contributed by atoms with Gasteiger partial charge in [-0.15, -0.1) is 0 Å². The van der Waals surface area contributed by atoms with Crippen LogP contribution in [0.1, 0.15) is 19.8 Å². The Labute approximate surface area is 116 Å². The van der Waals surface area contributed by atoms with E-state index in [-0.39, 0.29) is 11.3 Å². The number of carbonyl (C=O) groups excluding carboxylic acids is 1. The van der Waals surface area contributed by atoms with Gasteiger partial charge in [0.15, 0.2) is 0 Å². The molecule has 1 heterocycles. The summed E-state index contributed by atoms with van der Waals surface area (Å²) < 4.78 is 1.17. The lowest BCUT2D eigenvalue weighted by molar-refractivity contribution is -0.124. The van der Waals surface area contributed by atoms with Crippen LogP contribution in [0.15, 0.2) is 24.3 Å². The average molecular weight is 344 g/mol. The second kappa shape index (κ2) is 5.35. The summed E-state index contributed by atoms with van der Waals surface area (Å²) in [6, 6.07) is 7.90. The molecule has 0 spiro atoms. The fourth-order valence-corrected chi connectivity index (χ4v) is 2.56. The van der Waals surface area contributed by atoms with E-state index < -0.39 is 0 Å². The molecule has 92 valence electrons. The zero-order valence-corrected chi connectivity index (χ0v) is 12.1. The van der Waals surface area contributed by atoms with E-state index in [2.05, 4.69) is 40.1 Å². The smallest absolute Gasteiger partial charge is 0.231 e. The number of carbonyl (C=O) groups is 1. The largest absolute Gasteiger partial charge is 0.326 e. The van der Waals surface area contributed by atoms with Crippen LogP contribution >= 0.6 is 22.6 Å². The normalized spacial score (nSPS) is 23.6. The van der Waals surface area contributed by atoms with E-state index in [9.17, 15) is 4.79 Å². The van der Waals surface area contributed by atoms with Gasteiger partial charge in [-0.3, -0.25) is 4.79 Å². The number of benzene rings is 1. The van der Waals surface area contributed by atoms with Gasteiger partial charge in [0, 0.05) is 15.8 Å². The third kappa shape index (κ3) is 2.80.